The van der Waals surface area contributed by atoms with Gasteiger partial charge in [0.05, 0.1) is 12.6 Å². The van der Waals surface area contributed by atoms with Gasteiger partial charge in [-0.3, -0.25) is 14.6 Å². The Balaban J connectivity index is 1.60. The number of nitrogens with zero attached hydrogens (tertiary/aromatic N) is 4. The molecule has 0 spiro atoms. The Labute approximate surface area is 141 Å². The summed E-state index contributed by atoms with van der Waals surface area (Å²) < 4.78 is 68.0. The smallest absolute Gasteiger partial charge is 0.297 e. The Morgan fingerprint density at radius 3 is 2.32 bits per heavy atom. The van der Waals surface area contributed by atoms with Crippen molar-refractivity contribution in [3.05, 3.63) is 48.0 Å². The molecule has 1 aliphatic rings. The van der Waals surface area contributed by atoms with Gasteiger partial charge in [-0.15, -0.1) is 0 Å². The van der Waals surface area contributed by atoms with E-state index in [0.29, 0.717) is 38.2 Å². The zero-order valence-corrected chi connectivity index (χ0v) is 13.3. The van der Waals surface area contributed by atoms with Crippen LogP contribution in [-0.2, 0) is 12.1 Å². The largest absolute Gasteiger partial charge is 0.433 e. The van der Waals surface area contributed by atoms with Crippen LogP contribution in [0.4, 0.5) is 22.0 Å². The van der Waals surface area contributed by atoms with Gasteiger partial charge in [-0.1, -0.05) is 0 Å². The van der Waals surface area contributed by atoms with Crippen LogP contribution in [0.2, 0.25) is 0 Å². The van der Waals surface area contributed by atoms with Gasteiger partial charge < -0.3 is 0 Å². The van der Waals surface area contributed by atoms with E-state index in [1.54, 1.807) is 11.1 Å². The topological polar surface area (TPSA) is 34.0 Å². The first-order chi connectivity index (χ1) is 11.8. The van der Waals surface area contributed by atoms with Gasteiger partial charge in [-0.05, 0) is 31.0 Å². The maximum absolute atomic E-state index is 14.4. The van der Waals surface area contributed by atoms with Gasteiger partial charge in [0.2, 0.25) is 0 Å². The molecule has 9 heteroatoms. The van der Waals surface area contributed by atoms with Crippen LogP contribution in [0.5, 0.6) is 0 Å². The Hall–Kier alpha value is -2.03. The Bertz CT molecular complexity index is 674. The van der Waals surface area contributed by atoms with Crippen LogP contribution < -0.4 is 0 Å². The van der Waals surface area contributed by atoms with E-state index in [-0.39, 0.29) is 6.04 Å². The first-order valence-corrected chi connectivity index (χ1v) is 7.89. The van der Waals surface area contributed by atoms with E-state index >= 15 is 0 Å². The van der Waals surface area contributed by atoms with Gasteiger partial charge >= 0.3 is 6.18 Å². The molecule has 0 amide bonds. The highest BCUT2D eigenvalue weighted by molar-refractivity contribution is 5.20. The number of halogens is 5. The lowest BCUT2D eigenvalue weighted by molar-refractivity contribution is -0.141. The third-order valence-electron chi connectivity index (χ3n) is 4.35. The van der Waals surface area contributed by atoms with E-state index < -0.39 is 29.9 Å². The molecule has 3 rings (SSSR count). The van der Waals surface area contributed by atoms with E-state index in [2.05, 4.69) is 10.1 Å². The summed E-state index contributed by atoms with van der Waals surface area (Å²) in [4.78, 5) is 4.74. The molecule has 4 nitrogen and oxygen atoms in total. The first kappa shape index (κ1) is 17.8. The summed E-state index contributed by atoms with van der Waals surface area (Å²) in [5.74, 6) is -3.25. The van der Waals surface area contributed by atoms with Gasteiger partial charge in [0, 0.05) is 37.2 Å². The summed E-state index contributed by atoms with van der Waals surface area (Å²) in [6, 6.07) is 3.39. The van der Waals surface area contributed by atoms with Gasteiger partial charge in [-0.25, -0.2) is 0 Å². The SMILES string of the molecule is FC(F)(F)c1ccc(C(F)(F)CN2CCC(n3cccn3)CC2)cn1. The molecule has 1 saturated heterocycles. The fraction of sp³-hybridized carbons (Fsp3) is 0.500. The summed E-state index contributed by atoms with van der Waals surface area (Å²) in [5, 5.41) is 4.16. The Morgan fingerprint density at radius 1 is 1.08 bits per heavy atom. The molecule has 2 aromatic heterocycles. The summed E-state index contributed by atoms with van der Waals surface area (Å²) in [7, 11) is 0. The van der Waals surface area contributed by atoms with Crippen molar-refractivity contribution in [2.24, 2.45) is 0 Å². The maximum Gasteiger partial charge on any atom is 0.433 e. The predicted molar refractivity (Wildman–Crippen MR) is 80.1 cm³/mol. The average Bonchev–Trinajstić information content (AvgIpc) is 3.09. The van der Waals surface area contributed by atoms with Crippen molar-refractivity contribution in [1.29, 1.82) is 0 Å². The third-order valence-corrected chi connectivity index (χ3v) is 4.35. The predicted octanol–water partition coefficient (Wildman–Crippen LogP) is 3.73. The van der Waals surface area contributed by atoms with Crippen LogP contribution >= 0.6 is 0 Å². The van der Waals surface area contributed by atoms with Crippen LogP contribution in [-0.4, -0.2) is 39.3 Å². The molecule has 0 saturated carbocycles. The zero-order chi connectivity index (χ0) is 18.1. The minimum absolute atomic E-state index is 0.188. The lowest BCUT2D eigenvalue weighted by Gasteiger charge is -2.34. The summed E-state index contributed by atoms with van der Waals surface area (Å²) in [5.41, 5.74) is -1.68. The molecule has 2 aromatic rings. The van der Waals surface area contributed by atoms with Crippen molar-refractivity contribution in [2.75, 3.05) is 19.6 Å². The van der Waals surface area contributed by atoms with Crippen LogP contribution in [0.25, 0.3) is 0 Å². The van der Waals surface area contributed by atoms with Crippen molar-refractivity contribution in [3.8, 4) is 0 Å². The number of rotatable bonds is 4. The van der Waals surface area contributed by atoms with Crippen LogP contribution in [0.1, 0.15) is 30.1 Å². The number of pyridine rings is 1. The fourth-order valence-corrected chi connectivity index (χ4v) is 2.99. The quantitative estimate of drug-likeness (QED) is 0.780. The van der Waals surface area contributed by atoms with Gasteiger partial charge in [0.1, 0.15) is 5.69 Å². The lowest BCUT2D eigenvalue weighted by Crippen LogP contribution is -2.41. The minimum Gasteiger partial charge on any atom is -0.297 e. The van der Waals surface area contributed by atoms with E-state index in [4.69, 9.17) is 0 Å². The summed E-state index contributed by atoms with van der Waals surface area (Å²) in [6.07, 6.45) is 0.897. The zero-order valence-electron chi connectivity index (χ0n) is 13.3. The summed E-state index contributed by atoms with van der Waals surface area (Å²) >= 11 is 0. The molecule has 0 aromatic carbocycles. The van der Waals surface area contributed by atoms with Crippen molar-refractivity contribution < 1.29 is 22.0 Å². The van der Waals surface area contributed by atoms with Crippen LogP contribution in [0.15, 0.2) is 36.8 Å². The molecule has 0 N–H and O–H groups in total. The second-order valence-electron chi connectivity index (χ2n) is 6.13. The Kier molecular flexibility index (Phi) is 4.77. The van der Waals surface area contributed by atoms with E-state index in [1.807, 2.05) is 16.9 Å². The number of likely N-dealkylation sites (tertiary alicyclic amines) is 1. The highest BCUT2D eigenvalue weighted by Gasteiger charge is 2.38. The Morgan fingerprint density at radius 2 is 1.80 bits per heavy atom. The number of alkyl halides is 5. The van der Waals surface area contributed by atoms with E-state index in [0.717, 1.165) is 6.07 Å². The number of hydrogen-bond acceptors (Lipinski definition) is 3. The lowest BCUT2D eigenvalue weighted by atomic mass is 10.0. The monoisotopic (exact) mass is 360 g/mol. The normalized spacial score (nSPS) is 17.8. The van der Waals surface area contributed by atoms with Crippen molar-refractivity contribution >= 4 is 0 Å². The summed E-state index contributed by atoms with van der Waals surface area (Å²) in [6.45, 7) is 0.425. The first-order valence-electron chi connectivity index (χ1n) is 7.89. The molecule has 1 fully saturated rings. The fourth-order valence-electron chi connectivity index (χ4n) is 2.99. The average molecular weight is 360 g/mol. The van der Waals surface area contributed by atoms with Crippen LogP contribution in [0, 0.1) is 0 Å². The molecule has 0 atom stereocenters. The number of aromatic nitrogens is 3. The van der Waals surface area contributed by atoms with Crippen molar-refractivity contribution in [2.45, 2.75) is 31.0 Å². The van der Waals surface area contributed by atoms with Crippen molar-refractivity contribution in [1.82, 2.24) is 19.7 Å². The molecule has 136 valence electrons. The molecule has 3 heterocycles. The van der Waals surface area contributed by atoms with Gasteiger partial charge in [0.25, 0.3) is 5.92 Å². The molecule has 0 aliphatic carbocycles. The molecule has 0 bridgehead atoms. The highest BCUT2D eigenvalue weighted by Crippen LogP contribution is 2.33. The highest BCUT2D eigenvalue weighted by atomic mass is 19.4. The molecule has 25 heavy (non-hydrogen) atoms. The molecule has 0 radical (unpaired) electrons. The van der Waals surface area contributed by atoms with Gasteiger partial charge in [0.15, 0.2) is 0 Å². The van der Waals surface area contributed by atoms with Crippen molar-refractivity contribution in [3.63, 3.8) is 0 Å². The van der Waals surface area contributed by atoms with Gasteiger partial charge in [-0.2, -0.15) is 27.1 Å². The van der Waals surface area contributed by atoms with E-state index in [9.17, 15) is 22.0 Å². The number of piperidine rings is 1. The second-order valence-corrected chi connectivity index (χ2v) is 6.13. The molecular formula is C16H17F5N4. The van der Waals surface area contributed by atoms with E-state index in [1.165, 1.54) is 0 Å². The standard InChI is InChI=1S/C16H17F5N4/c17-15(18,12-2-3-14(22-10-12)16(19,20)21)11-24-8-4-13(5-9-24)25-7-1-6-23-25/h1-3,6-7,10,13H,4-5,8-9,11H2. The molecular weight excluding hydrogens is 343 g/mol. The minimum atomic E-state index is -4.64. The maximum atomic E-state index is 14.4. The number of hydrogen-bond donors (Lipinski definition) is 0. The molecule has 0 unspecified atom stereocenters. The second kappa shape index (κ2) is 6.70. The molecule has 1 aliphatic heterocycles. The van der Waals surface area contributed by atoms with Crippen LogP contribution in [0.3, 0.4) is 0 Å². The third kappa shape index (κ3) is 4.15.